The molecule has 1 rings (SSSR count). The van der Waals surface area contributed by atoms with Crippen LogP contribution < -0.4 is 4.57 Å². The summed E-state index contributed by atoms with van der Waals surface area (Å²) in [5.74, 6) is 0. The minimum absolute atomic E-state index is 0. The molecule has 6 nitrogen and oxygen atoms in total. The lowest BCUT2D eigenvalue weighted by Crippen LogP contribution is -2.31. The van der Waals surface area contributed by atoms with Crippen molar-refractivity contribution in [3.8, 4) is 0 Å². The molecule has 0 atom stereocenters. The van der Waals surface area contributed by atoms with Crippen LogP contribution in [0.3, 0.4) is 0 Å². The molecule has 0 bridgehead atoms. The van der Waals surface area contributed by atoms with Gasteiger partial charge in [-0.05, 0) is 13.8 Å². The molecule has 0 aliphatic carbocycles. The van der Waals surface area contributed by atoms with E-state index in [2.05, 4.69) is 27.9 Å². The minimum Gasteiger partial charge on any atom is -0.382 e. The highest BCUT2D eigenvalue weighted by Gasteiger charge is 2.02. The molecule has 0 aliphatic rings. The molecule has 1 heterocycles. The van der Waals surface area contributed by atoms with E-state index in [1.165, 1.54) is 0 Å². The summed E-state index contributed by atoms with van der Waals surface area (Å²) in [5.41, 5.74) is 0. The molecular weight excluding hydrogens is 284 g/mol. The number of carbonyl (C=O) groups is 2. The molecule has 1 aromatic heterocycles. The first-order chi connectivity index (χ1) is 10.4. The van der Waals surface area contributed by atoms with Crippen LogP contribution in [0.25, 0.3) is 0 Å². The molecule has 0 fully saturated rings. The van der Waals surface area contributed by atoms with Crippen molar-refractivity contribution >= 4 is 13.6 Å². The van der Waals surface area contributed by atoms with Gasteiger partial charge in [0.1, 0.15) is 26.0 Å². The molecule has 0 spiro atoms. The number of rotatable bonds is 10. The van der Waals surface area contributed by atoms with Crippen LogP contribution in [0, 0.1) is 0 Å². The van der Waals surface area contributed by atoms with Crippen LogP contribution in [0.4, 0.5) is 0 Å². The molecule has 0 aromatic carbocycles. The Labute approximate surface area is 135 Å². The van der Waals surface area contributed by atoms with Crippen molar-refractivity contribution < 1.29 is 23.6 Å². The molecule has 22 heavy (non-hydrogen) atoms. The van der Waals surface area contributed by atoms with Crippen LogP contribution in [-0.4, -0.2) is 44.6 Å². The smallest absolute Gasteiger partial charge is 0.243 e. The molecule has 0 radical (unpaired) electrons. The summed E-state index contributed by atoms with van der Waals surface area (Å²) in [5, 5.41) is 0. The zero-order valence-corrected chi connectivity index (χ0v) is 13.3. The van der Waals surface area contributed by atoms with Crippen molar-refractivity contribution in [1.29, 1.82) is 0 Å². The molecule has 0 N–H and O–H groups in total. The van der Waals surface area contributed by atoms with Gasteiger partial charge in [-0.25, -0.2) is 9.13 Å². The van der Waals surface area contributed by atoms with E-state index in [1.54, 1.807) is 0 Å². The van der Waals surface area contributed by atoms with Gasteiger partial charge in [0.2, 0.25) is 6.33 Å². The quantitative estimate of drug-likeness (QED) is 0.488. The van der Waals surface area contributed by atoms with E-state index in [4.69, 9.17) is 19.1 Å². The molecule has 6 heteroatoms. The van der Waals surface area contributed by atoms with Gasteiger partial charge in [-0.3, -0.25) is 0 Å². The standard InChI is InChI=1S/C13H25N2O2.2CH2O.CH4/c1-3-16-11-5-7-14-9-10-15(13-14)8-6-12-17-4-2;2*1-2;/h9-10,13H,3-8,11-12H2,1-2H3;2*1H2;1H4/q+1;;;. The number of ether oxygens (including phenoxy) is 2. The third-order valence-electron chi connectivity index (χ3n) is 2.56. The second kappa shape index (κ2) is 21.8. The van der Waals surface area contributed by atoms with Crippen molar-refractivity contribution in [3.05, 3.63) is 18.7 Å². The Balaban J connectivity index is -0.000000665. The van der Waals surface area contributed by atoms with E-state index in [-0.39, 0.29) is 7.43 Å². The summed E-state index contributed by atoms with van der Waals surface area (Å²) < 4.78 is 15.1. The average Bonchev–Trinajstić information content (AvgIpc) is 3.00. The first-order valence-electron chi connectivity index (χ1n) is 7.14. The topological polar surface area (TPSA) is 61.4 Å². The van der Waals surface area contributed by atoms with E-state index < -0.39 is 0 Å². The van der Waals surface area contributed by atoms with Gasteiger partial charge in [-0.1, -0.05) is 7.43 Å². The van der Waals surface area contributed by atoms with E-state index in [9.17, 15) is 0 Å². The molecule has 0 aliphatic heterocycles. The van der Waals surface area contributed by atoms with Crippen LogP contribution in [0.5, 0.6) is 0 Å². The van der Waals surface area contributed by atoms with Crippen LogP contribution in [0.15, 0.2) is 18.7 Å². The Morgan fingerprint density at radius 1 is 1.00 bits per heavy atom. The lowest BCUT2D eigenvalue weighted by Gasteiger charge is -1.99. The summed E-state index contributed by atoms with van der Waals surface area (Å²) in [6, 6.07) is 0. The van der Waals surface area contributed by atoms with Gasteiger partial charge in [-0.15, -0.1) is 0 Å². The maximum absolute atomic E-state index is 8.00. The Hall–Kier alpha value is -1.53. The summed E-state index contributed by atoms with van der Waals surface area (Å²) >= 11 is 0. The van der Waals surface area contributed by atoms with Crippen molar-refractivity contribution in [2.24, 2.45) is 0 Å². The van der Waals surface area contributed by atoms with E-state index in [0.717, 1.165) is 52.4 Å². The monoisotopic (exact) mass is 317 g/mol. The molecule has 1 aromatic rings. The van der Waals surface area contributed by atoms with Gasteiger partial charge in [0, 0.05) is 26.1 Å². The molecule has 0 saturated carbocycles. The highest BCUT2D eigenvalue weighted by molar-refractivity contribution is 5.11. The van der Waals surface area contributed by atoms with Gasteiger partial charge in [0.05, 0.1) is 26.3 Å². The lowest BCUT2D eigenvalue weighted by molar-refractivity contribution is -0.697. The van der Waals surface area contributed by atoms with Crippen molar-refractivity contribution in [2.75, 3.05) is 26.4 Å². The number of nitrogens with zero attached hydrogens (tertiary/aromatic N) is 2. The average molecular weight is 317 g/mol. The maximum atomic E-state index is 8.00. The SMILES string of the molecule is C.C=O.C=O.CCOCCCn1cc[n+](CCCOCC)c1. The predicted octanol–water partition coefficient (Wildman–Crippen LogP) is 1.90. The van der Waals surface area contributed by atoms with Gasteiger partial charge in [0.25, 0.3) is 0 Å². The zero-order chi connectivity index (χ0) is 16.3. The summed E-state index contributed by atoms with van der Waals surface area (Å²) in [6.45, 7) is 13.4. The number of aryl methyl sites for hydroxylation is 2. The third kappa shape index (κ3) is 14.9. The van der Waals surface area contributed by atoms with Gasteiger partial charge in [-0.2, -0.15) is 0 Å². The van der Waals surface area contributed by atoms with Crippen molar-refractivity contribution in [2.45, 2.75) is 47.2 Å². The maximum Gasteiger partial charge on any atom is 0.243 e. The van der Waals surface area contributed by atoms with Gasteiger partial charge >= 0.3 is 0 Å². The Morgan fingerprint density at radius 2 is 1.55 bits per heavy atom. The zero-order valence-electron chi connectivity index (χ0n) is 13.3. The fourth-order valence-corrected chi connectivity index (χ4v) is 1.69. The van der Waals surface area contributed by atoms with E-state index in [0.29, 0.717) is 0 Å². The first-order valence-corrected chi connectivity index (χ1v) is 7.14. The number of hydrogen-bond donors (Lipinski definition) is 0. The lowest BCUT2D eigenvalue weighted by atomic mass is 10.4. The third-order valence-corrected chi connectivity index (χ3v) is 2.56. The van der Waals surface area contributed by atoms with Gasteiger partial charge in [0.15, 0.2) is 0 Å². The van der Waals surface area contributed by atoms with Crippen molar-refractivity contribution in [3.63, 3.8) is 0 Å². The Morgan fingerprint density at radius 3 is 2.09 bits per heavy atom. The Bertz CT molecular complexity index is 290. The van der Waals surface area contributed by atoms with E-state index >= 15 is 0 Å². The highest BCUT2D eigenvalue weighted by Crippen LogP contribution is 1.91. The summed E-state index contributed by atoms with van der Waals surface area (Å²) in [6.07, 6.45) is 8.53. The van der Waals surface area contributed by atoms with Crippen LogP contribution in [0.1, 0.15) is 34.1 Å². The highest BCUT2D eigenvalue weighted by atomic mass is 16.5. The number of imidazole rings is 1. The normalized spacial score (nSPS) is 8.82. The number of hydrogen-bond acceptors (Lipinski definition) is 4. The number of carbonyl (C=O) groups excluding carboxylic acids is 2. The van der Waals surface area contributed by atoms with Crippen LogP contribution in [0.2, 0.25) is 0 Å². The Kier molecular flexibility index (Phi) is 25.2. The summed E-state index contributed by atoms with van der Waals surface area (Å²) in [4.78, 5) is 16.0. The minimum atomic E-state index is 0. The molecule has 0 unspecified atom stereocenters. The summed E-state index contributed by atoms with van der Waals surface area (Å²) in [7, 11) is 0. The molecule has 130 valence electrons. The van der Waals surface area contributed by atoms with Crippen LogP contribution in [-0.2, 0) is 32.2 Å². The fourth-order valence-electron chi connectivity index (χ4n) is 1.69. The first kappa shape index (κ1) is 25.4. The largest absolute Gasteiger partial charge is 0.382 e. The molecule has 0 amide bonds. The number of aromatic nitrogens is 2. The second-order valence-corrected chi connectivity index (χ2v) is 3.99. The van der Waals surface area contributed by atoms with Crippen molar-refractivity contribution in [1.82, 2.24) is 4.57 Å². The molecular formula is C16H33N2O4+. The molecule has 0 saturated heterocycles. The second-order valence-electron chi connectivity index (χ2n) is 3.99. The van der Waals surface area contributed by atoms with E-state index in [1.807, 2.05) is 27.4 Å². The predicted molar refractivity (Wildman–Crippen MR) is 87.8 cm³/mol. The fraction of sp³-hybridized carbons (Fsp3) is 0.688. The van der Waals surface area contributed by atoms with Gasteiger partial charge < -0.3 is 19.1 Å². The van der Waals surface area contributed by atoms with Crippen LogP contribution >= 0.6 is 0 Å².